The topological polar surface area (TPSA) is 25.2 Å². The van der Waals surface area contributed by atoms with Crippen LogP contribution in [0.25, 0.3) is 5.57 Å². The Morgan fingerprint density at radius 2 is 2.05 bits per heavy atom. The second-order valence-corrected chi connectivity index (χ2v) is 4.94. The summed E-state index contributed by atoms with van der Waals surface area (Å²) in [6.07, 6.45) is 9.51. The van der Waals surface area contributed by atoms with Crippen molar-refractivity contribution in [3.63, 3.8) is 0 Å². The molecule has 1 atom stereocenters. The molecule has 0 aliphatic heterocycles. The first-order valence-corrected chi connectivity index (χ1v) is 8.16. The van der Waals surface area contributed by atoms with E-state index in [1.54, 1.807) is 6.26 Å². The second-order valence-electron chi connectivity index (χ2n) is 4.94. The Morgan fingerprint density at radius 3 is 2.62 bits per heavy atom. The van der Waals surface area contributed by atoms with E-state index in [0.717, 1.165) is 24.4 Å². The largest absolute Gasteiger partial charge is 0.465 e. The average Bonchev–Trinajstić information content (AvgIpc) is 3.17. The van der Waals surface area contributed by atoms with Gasteiger partial charge in [-0.1, -0.05) is 52.8 Å². The summed E-state index contributed by atoms with van der Waals surface area (Å²) in [5.74, 6) is 1.37. The lowest BCUT2D eigenvalue weighted by molar-refractivity contribution is 0.543. The third-order valence-corrected chi connectivity index (χ3v) is 3.62. The SMILES string of the molecule is C=C(NCCCC)C1=CC=C(c2ccco2)[C@@H]1CC.CC. The predicted octanol–water partition coefficient (Wildman–Crippen LogP) is 5.56. The van der Waals surface area contributed by atoms with E-state index < -0.39 is 0 Å². The zero-order chi connectivity index (χ0) is 15.7. The van der Waals surface area contributed by atoms with E-state index in [-0.39, 0.29) is 0 Å². The Kier molecular flexibility index (Phi) is 7.66. The van der Waals surface area contributed by atoms with Gasteiger partial charge in [-0.15, -0.1) is 0 Å². The molecule has 0 aromatic carbocycles. The van der Waals surface area contributed by atoms with Crippen LogP contribution in [0.2, 0.25) is 0 Å². The zero-order valence-electron chi connectivity index (χ0n) is 13.9. The molecule has 0 bridgehead atoms. The first kappa shape index (κ1) is 17.4. The molecule has 2 rings (SSSR count). The highest BCUT2D eigenvalue weighted by Gasteiger charge is 2.25. The fourth-order valence-corrected chi connectivity index (χ4v) is 2.54. The van der Waals surface area contributed by atoms with Crippen LogP contribution in [0.3, 0.4) is 0 Å². The highest BCUT2D eigenvalue weighted by molar-refractivity contribution is 5.73. The van der Waals surface area contributed by atoms with Gasteiger partial charge < -0.3 is 9.73 Å². The first-order valence-electron chi connectivity index (χ1n) is 8.16. The molecular weight excluding hydrogens is 258 g/mol. The van der Waals surface area contributed by atoms with Crippen LogP contribution in [0.1, 0.15) is 52.7 Å². The molecule has 2 nitrogen and oxygen atoms in total. The predicted molar refractivity (Wildman–Crippen MR) is 91.9 cm³/mol. The van der Waals surface area contributed by atoms with Gasteiger partial charge in [0.2, 0.25) is 0 Å². The first-order chi connectivity index (χ1) is 10.3. The summed E-state index contributed by atoms with van der Waals surface area (Å²) in [6, 6.07) is 3.97. The van der Waals surface area contributed by atoms with Gasteiger partial charge in [-0.3, -0.25) is 0 Å². The van der Waals surface area contributed by atoms with Gasteiger partial charge in [-0.25, -0.2) is 0 Å². The van der Waals surface area contributed by atoms with Crippen LogP contribution in [0.4, 0.5) is 0 Å². The third-order valence-electron chi connectivity index (χ3n) is 3.62. The Balaban J connectivity index is 0.00000106. The summed E-state index contributed by atoms with van der Waals surface area (Å²) in [5, 5.41) is 3.43. The molecule has 1 aromatic rings. The van der Waals surface area contributed by atoms with E-state index in [2.05, 4.69) is 37.9 Å². The summed E-state index contributed by atoms with van der Waals surface area (Å²) in [7, 11) is 0. The lowest BCUT2D eigenvalue weighted by Gasteiger charge is -2.19. The standard InChI is InChI=1S/C17H23NO.C2H6/c1-4-6-11-18-13(3)15-9-10-16(14(15)5-2)17-8-7-12-19-17;1-2/h7-10,12,14,18H,3-6,11H2,1-2H3;1-2H3/t14-;/m1./s1. The second kappa shape index (κ2) is 9.28. The maximum absolute atomic E-state index is 5.52. The quantitative estimate of drug-likeness (QED) is 0.664. The van der Waals surface area contributed by atoms with Gasteiger partial charge in [-0.05, 0) is 30.5 Å². The molecule has 1 N–H and O–H groups in total. The molecule has 0 fully saturated rings. The smallest absolute Gasteiger partial charge is 0.130 e. The lowest BCUT2D eigenvalue weighted by atomic mass is 9.90. The van der Waals surface area contributed by atoms with Gasteiger partial charge in [-0.2, -0.15) is 0 Å². The van der Waals surface area contributed by atoms with Gasteiger partial charge in [0, 0.05) is 23.7 Å². The fourth-order valence-electron chi connectivity index (χ4n) is 2.54. The molecule has 116 valence electrons. The van der Waals surface area contributed by atoms with Crippen LogP contribution >= 0.6 is 0 Å². The highest BCUT2D eigenvalue weighted by atomic mass is 16.3. The summed E-state index contributed by atoms with van der Waals surface area (Å²) < 4.78 is 5.52. The summed E-state index contributed by atoms with van der Waals surface area (Å²) in [5.41, 5.74) is 3.61. The van der Waals surface area contributed by atoms with Gasteiger partial charge in [0.15, 0.2) is 0 Å². The summed E-state index contributed by atoms with van der Waals surface area (Å²) in [6.45, 7) is 13.6. The van der Waals surface area contributed by atoms with Gasteiger partial charge in [0.1, 0.15) is 5.76 Å². The van der Waals surface area contributed by atoms with Crippen LogP contribution in [0, 0.1) is 5.92 Å². The minimum Gasteiger partial charge on any atom is -0.465 e. The van der Waals surface area contributed by atoms with Crippen LogP contribution in [0.5, 0.6) is 0 Å². The number of unbranched alkanes of at least 4 members (excludes halogenated alkanes) is 1. The van der Waals surface area contributed by atoms with E-state index in [1.165, 1.54) is 24.0 Å². The molecule has 21 heavy (non-hydrogen) atoms. The van der Waals surface area contributed by atoms with Crippen molar-refractivity contribution in [1.82, 2.24) is 5.32 Å². The van der Waals surface area contributed by atoms with Crippen LogP contribution in [-0.4, -0.2) is 6.54 Å². The molecule has 0 saturated heterocycles. The number of allylic oxidation sites excluding steroid dienone is 4. The number of hydrogen-bond acceptors (Lipinski definition) is 2. The van der Waals surface area contributed by atoms with Crippen molar-refractivity contribution < 1.29 is 4.42 Å². The van der Waals surface area contributed by atoms with Crippen molar-refractivity contribution in [3.05, 3.63) is 54.2 Å². The zero-order valence-corrected chi connectivity index (χ0v) is 13.9. The number of rotatable bonds is 7. The van der Waals surface area contributed by atoms with E-state index in [4.69, 9.17) is 4.42 Å². The summed E-state index contributed by atoms with van der Waals surface area (Å²) >= 11 is 0. The normalized spacial score (nSPS) is 16.7. The molecule has 0 saturated carbocycles. The van der Waals surface area contributed by atoms with Crippen LogP contribution < -0.4 is 5.32 Å². The third kappa shape index (κ3) is 4.38. The number of furan rings is 1. The molecule has 0 unspecified atom stereocenters. The van der Waals surface area contributed by atoms with Gasteiger partial charge in [0.25, 0.3) is 0 Å². The Bertz CT molecular complexity index is 480. The number of nitrogens with one attached hydrogen (secondary N) is 1. The molecular formula is C19H29NO. The van der Waals surface area contributed by atoms with Crippen molar-refractivity contribution >= 4 is 5.57 Å². The van der Waals surface area contributed by atoms with E-state index in [9.17, 15) is 0 Å². The molecule has 0 radical (unpaired) electrons. The Hall–Kier alpha value is -1.70. The maximum atomic E-state index is 5.52. The van der Waals surface area contributed by atoms with Crippen molar-refractivity contribution in [2.45, 2.75) is 47.0 Å². The van der Waals surface area contributed by atoms with Crippen molar-refractivity contribution in [1.29, 1.82) is 0 Å². The van der Waals surface area contributed by atoms with Gasteiger partial charge >= 0.3 is 0 Å². The van der Waals surface area contributed by atoms with E-state index in [1.807, 2.05) is 26.0 Å². The lowest BCUT2D eigenvalue weighted by Crippen LogP contribution is -2.18. The molecule has 1 aliphatic carbocycles. The van der Waals surface area contributed by atoms with E-state index >= 15 is 0 Å². The van der Waals surface area contributed by atoms with Crippen molar-refractivity contribution in [2.75, 3.05) is 6.54 Å². The average molecular weight is 287 g/mol. The Morgan fingerprint density at radius 1 is 1.29 bits per heavy atom. The minimum absolute atomic E-state index is 0.396. The molecule has 0 amide bonds. The molecule has 1 aliphatic rings. The van der Waals surface area contributed by atoms with Crippen molar-refractivity contribution in [3.8, 4) is 0 Å². The monoisotopic (exact) mass is 287 g/mol. The van der Waals surface area contributed by atoms with Crippen LogP contribution in [0.15, 0.2) is 52.8 Å². The summed E-state index contributed by atoms with van der Waals surface area (Å²) in [4.78, 5) is 0. The molecule has 1 aromatic heterocycles. The van der Waals surface area contributed by atoms with Crippen molar-refractivity contribution in [2.24, 2.45) is 5.92 Å². The fraction of sp³-hybridized carbons (Fsp3) is 0.474. The Labute approximate surface area is 129 Å². The molecule has 1 heterocycles. The van der Waals surface area contributed by atoms with Gasteiger partial charge in [0.05, 0.1) is 6.26 Å². The molecule has 2 heteroatoms. The minimum atomic E-state index is 0.396. The maximum Gasteiger partial charge on any atom is 0.130 e. The number of hydrogen-bond donors (Lipinski definition) is 1. The molecule has 0 spiro atoms. The van der Waals surface area contributed by atoms with E-state index in [0.29, 0.717) is 5.92 Å². The van der Waals surface area contributed by atoms with Crippen LogP contribution in [-0.2, 0) is 0 Å². The highest BCUT2D eigenvalue weighted by Crippen LogP contribution is 2.38.